The first-order valence-corrected chi connectivity index (χ1v) is 14.8. The van der Waals surface area contributed by atoms with Crippen LogP contribution in [0.4, 0.5) is 6.01 Å². The first-order chi connectivity index (χ1) is 17.7. The molecule has 3 heterocycles. The lowest BCUT2D eigenvalue weighted by Gasteiger charge is -2.53. The molecule has 7 nitrogen and oxygen atoms in total. The summed E-state index contributed by atoms with van der Waals surface area (Å²) in [7, 11) is -1.59. The Morgan fingerprint density at radius 3 is 2.14 bits per heavy atom. The molecule has 0 bridgehead atoms. The Morgan fingerprint density at radius 2 is 1.59 bits per heavy atom. The number of carbonyl (C=O) groups is 2. The molecule has 2 atom stereocenters. The molecule has 1 aromatic heterocycles. The van der Waals surface area contributed by atoms with E-state index in [1.54, 1.807) is 11.8 Å². The van der Waals surface area contributed by atoms with Crippen LogP contribution in [-0.2, 0) is 9.22 Å². The van der Waals surface area contributed by atoms with Gasteiger partial charge in [0, 0.05) is 37.7 Å². The van der Waals surface area contributed by atoms with E-state index in [4.69, 9.17) is 8.84 Å². The fourth-order valence-electron chi connectivity index (χ4n) is 4.69. The van der Waals surface area contributed by atoms with Crippen LogP contribution >= 0.6 is 11.8 Å². The predicted octanol–water partition coefficient (Wildman–Crippen LogP) is 3.41. The molecule has 5 rings (SSSR count). The lowest BCUT2D eigenvalue weighted by Crippen LogP contribution is -2.66. The van der Waals surface area contributed by atoms with Gasteiger partial charge in [-0.1, -0.05) is 93.2 Å². The smallest absolute Gasteiger partial charge is 0.298 e. The van der Waals surface area contributed by atoms with Crippen molar-refractivity contribution in [3.63, 3.8) is 0 Å². The molecule has 0 spiro atoms. The SMILES string of the molecule is CC(=O)SC1CN(c2nc(C(=O)N3CC(C(C)(C)C)C3O[Si](c3ccccc3)c3ccccc3)co2)C1. The number of hydrogen-bond acceptors (Lipinski definition) is 7. The van der Waals surface area contributed by atoms with Gasteiger partial charge in [0.2, 0.25) is 0 Å². The van der Waals surface area contributed by atoms with Crippen LogP contribution < -0.4 is 15.3 Å². The molecule has 2 saturated heterocycles. The van der Waals surface area contributed by atoms with E-state index >= 15 is 0 Å². The van der Waals surface area contributed by atoms with Crippen LogP contribution in [0.15, 0.2) is 71.3 Å². The second-order valence-corrected chi connectivity index (χ2v) is 14.2. The summed E-state index contributed by atoms with van der Waals surface area (Å²) in [6.45, 7) is 10.1. The van der Waals surface area contributed by atoms with Crippen molar-refractivity contribution in [2.45, 2.75) is 39.2 Å². The number of oxazole rings is 1. The number of anilines is 1. The molecule has 3 aromatic rings. The third-order valence-corrected chi connectivity index (χ3v) is 10.0. The molecule has 2 aromatic carbocycles. The summed E-state index contributed by atoms with van der Waals surface area (Å²) in [5, 5.41) is 2.63. The van der Waals surface area contributed by atoms with Gasteiger partial charge in [0.1, 0.15) is 12.5 Å². The van der Waals surface area contributed by atoms with Crippen molar-refractivity contribution in [2.75, 3.05) is 24.5 Å². The van der Waals surface area contributed by atoms with Crippen molar-refractivity contribution in [3.05, 3.63) is 72.6 Å². The van der Waals surface area contributed by atoms with E-state index in [9.17, 15) is 9.59 Å². The van der Waals surface area contributed by atoms with Crippen molar-refractivity contribution in [1.82, 2.24) is 9.88 Å². The first-order valence-electron chi connectivity index (χ1n) is 12.5. The Morgan fingerprint density at radius 1 is 1.00 bits per heavy atom. The third-order valence-electron chi connectivity index (χ3n) is 6.89. The Hall–Kier alpha value is -2.88. The average molecular weight is 535 g/mol. The van der Waals surface area contributed by atoms with E-state index in [2.05, 4.69) is 50.0 Å². The molecule has 0 saturated carbocycles. The van der Waals surface area contributed by atoms with E-state index < -0.39 is 9.04 Å². The Kier molecular flexibility index (Phi) is 7.29. The summed E-state index contributed by atoms with van der Waals surface area (Å²) < 4.78 is 12.5. The number of aromatic nitrogens is 1. The maximum absolute atomic E-state index is 13.6. The van der Waals surface area contributed by atoms with Gasteiger partial charge in [-0.05, 0) is 15.8 Å². The number of hydrogen-bond donors (Lipinski definition) is 0. The second kappa shape index (κ2) is 10.5. The lowest BCUT2D eigenvalue weighted by atomic mass is 9.74. The molecule has 0 aliphatic carbocycles. The van der Waals surface area contributed by atoms with Crippen LogP contribution in [0.25, 0.3) is 0 Å². The quantitative estimate of drug-likeness (QED) is 0.430. The predicted molar refractivity (Wildman–Crippen MR) is 148 cm³/mol. The summed E-state index contributed by atoms with van der Waals surface area (Å²) in [5.41, 5.74) is 0.254. The maximum Gasteiger partial charge on any atom is 0.298 e. The number of thioether (sulfide) groups is 1. The summed E-state index contributed by atoms with van der Waals surface area (Å²) in [6, 6.07) is 21.0. The number of likely N-dealkylation sites (tertiary alicyclic amines) is 1. The monoisotopic (exact) mass is 534 g/mol. The van der Waals surface area contributed by atoms with E-state index in [0.29, 0.717) is 25.6 Å². The zero-order valence-electron chi connectivity index (χ0n) is 21.6. The van der Waals surface area contributed by atoms with Gasteiger partial charge in [0.15, 0.2) is 10.8 Å². The summed E-state index contributed by atoms with van der Waals surface area (Å²) in [6.07, 6.45) is 1.08. The van der Waals surface area contributed by atoms with Gasteiger partial charge in [-0.2, -0.15) is 4.98 Å². The van der Waals surface area contributed by atoms with Crippen molar-refractivity contribution < 1.29 is 18.4 Å². The van der Waals surface area contributed by atoms with Gasteiger partial charge in [-0.15, -0.1) is 0 Å². The first kappa shape index (κ1) is 25.8. The van der Waals surface area contributed by atoms with E-state index in [-0.39, 0.29) is 39.5 Å². The zero-order valence-corrected chi connectivity index (χ0v) is 23.4. The minimum atomic E-state index is -1.59. The van der Waals surface area contributed by atoms with E-state index in [0.717, 1.165) is 10.4 Å². The molecule has 193 valence electrons. The summed E-state index contributed by atoms with van der Waals surface area (Å²) in [4.78, 5) is 33.1. The van der Waals surface area contributed by atoms with Crippen LogP contribution in [0, 0.1) is 11.3 Å². The van der Waals surface area contributed by atoms with Crippen molar-refractivity contribution in [2.24, 2.45) is 11.3 Å². The molecule has 2 unspecified atom stereocenters. The van der Waals surface area contributed by atoms with Crippen molar-refractivity contribution in [1.29, 1.82) is 0 Å². The highest BCUT2D eigenvalue weighted by Gasteiger charge is 2.50. The second-order valence-electron chi connectivity index (χ2n) is 10.7. The Balaban J connectivity index is 1.35. The molecule has 9 heteroatoms. The van der Waals surface area contributed by atoms with Crippen LogP contribution in [0.3, 0.4) is 0 Å². The van der Waals surface area contributed by atoms with Gasteiger partial charge >= 0.3 is 0 Å². The zero-order chi connectivity index (χ0) is 26.2. The van der Waals surface area contributed by atoms with Gasteiger partial charge in [0.25, 0.3) is 21.0 Å². The largest absolute Gasteiger partial charge is 0.431 e. The van der Waals surface area contributed by atoms with Gasteiger partial charge < -0.3 is 18.6 Å². The van der Waals surface area contributed by atoms with E-state index in [1.807, 2.05) is 41.3 Å². The molecule has 1 amide bonds. The van der Waals surface area contributed by atoms with Crippen molar-refractivity contribution in [3.8, 4) is 0 Å². The van der Waals surface area contributed by atoms with Crippen LogP contribution in [-0.4, -0.2) is 61.1 Å². The fraction of sp³-hybridized carbons (Fsp3) is 0.393. The third kappa shape index (κ3) is 5.53. The lowest BCUT2D eigenvalue weighted by molar-refractivity contribution is -0.125. The average Bonchev–Trinajstić information content (AvgIpc) is 3.31. The number of rotatable bonds is 7. The van der Waals surface area contributed by atoms with Gasteiger partial charge in [0.05, 0.1) is 0 Å². The molecular weight excluding hydrogens is 502 g/mol. The minimum Gasteiger partial charge on any atom is -0.431 e. The fourth-order valence-corrected chi connectivity index (χ4v) is 7.80. The number of nitrogens with zero attached hydrogens (tertiary/aromatic N) is 3. The molecular formula is C28H32N3O4SSi. The molecule has 2 aliphatic rings. The molecule has 2 aliphatic heterocycles. The highest BCUT2D eigenvalue weighted by Crippen LogP contribution is 2.41. The summed E-state index contributed by atoms with van der Waals surface area (Å²) in [5.74, 6) is 0.00755. The number of benzene rings is 2. The normalized spacial score (nSPS) is 20.0. The van der Waals surface area contributed by atoms with Gasteiger partial charge in [-0.3, -0.25) is 9.59 Å². The standard InChI is InChI=1S/C28H32N3O4SSi/c1-19(32)36-20-15-30(16-20)27-29-24(18-34-27)25(33)31-17-23(28(2,3)4)26(31)35-37(21-11-7-5-8-12-21)22-13-9-6-10-14-22/h5-14,18,20,23,26H,15-17H2,1-4H3. The summed E-state index contributed by atoms with van der Waals surface area (Å²) >= 11 is 1.34. The number of carbonyl (C=O) groups excluding carboxylic acids is 2. The highest BCUT2D eigenvalue weighted by molar-refractivity contribution is 8.14. The van der Waals surface area contributed by atoms with Crippen LogP contribution in [0.1, 0.15) is 38.2 Å². The van der Waals surface area contributed by atoms with Crippen LogP contribution in [0.2, 0.25) is 0 Å². The Labute approximate surface area is 223 Å². The van der Waals surface area contributed by atoms with Gasteiger partial charge in [-0.25, -0.2) is 0 Å². The van der Waals surface area contributed by atoms with Crippen LogP contribution in [0.5, 0.6) is 0 Å². The molecule has 0 N–H and O–H groups in total. The molecule has 37 heavy (non-hydrogen) atoms. The van der Waals surface area contributed by atoms with Crippen molar-refractivity contribution >= 4 is 48.2 Å². The molecule has 1 radical (unpaired) electrons. The minimum absolute atomic E-state index is 0.0300. The topological polar surface area (TPSA) is 75.9 Å². The number of amides is 1. The van der Waals surface area contributed by atoms with E-state index in [1.165, 1.54) is 18.0 Å². The Bertz CT molecular complexity index is 1200. The maximum atomic E-state index is 13.6. The molecule has 2 fully saturated rings. The highest BCUT2D eigenvalue weighted by atomic mass is 32.2.